The molecule has 0 aromatic heterocycles. The molecule has 0 fully saturated rings. The van der Waals surface area contributed by atoms with E-state index in [1.165, 1.54) is 0 Å². The zero-order valence-corrected chi connectivity index (χ0v) is 5.93. The Morgan fingerprint density at radius 3 is 2.00 bits per heavy atom. The lowest BCUT2D eigenvalue weighted by atomic mass is 10.2. The first-order valence-corrected chi connectivity index (χ1v) is 3.74. The minimum absolute atomic E-state index is 0.0867. The molecule has 0 saturated carbocycles. The monoisotopic (exact) mass is 136 g/mol. The topological polar surface area (TPSA) is 63.3 Å². The highest BCUT2D eigenvalue weighted by Crippen LogP contribution is 2.23. The lowest BCUT2D eigenvalue weighted by molar-refractivity contribution is 0.465. The molecule has 0 rings (SSSR count). The Bertz CT molecular complexity index is 94.0. The molecule has 0 radical (unpaired) electrons. The summed E-state index contributed by atoms with van der Waals surface area (Å²) in [6, 6.07) is 0. The fraction of sp³-hybridized carbons (Fsp3) is 1.00. The molecule has 2 atom stereocenters. The van der Waals surface area contributed by atoms with Crippen molar-refractivity contribution in [2.75, 3.05) is 0 Å². The zero-order valence-electron chi connectivity index (χ0n) is 5.03. The third kappa shape index (κ3) is 2.36. The van der Waals surface area contributed by atoms with Crippen LogP contribution in [0.3, 0.4) is 0 Å². The Balaban J connectivity index is 3.64. The van der Waals surface area contributed by atoms with Crippen LogP contribution < -0.4 is 5.73 Å². The van der Waals surface area contributed by atoms with Crippen LogP contribution in [0, 0.1) is 5.92 Å². The first-order valence-electron chi connectivity index (χ1n) is 2.46. The minimum atomic E-state index is -2.17. The molecule has 0 saturated heterocycles. The van der Waals surface area contributed by atoms with Crippen molar-refractivity contribution >= 4 is 8.03 Å². The summed E-state index contributed by atoms with van der Waals surface area (Å²) < 4.78 is 10.2. The Morgan fingerprint density at radius 2 is 2.00 bits per heavy atom. The maximum Gasteiger partial charge on any atom is 0.524 e. The summed E-state index contributed by atoms with van der Waals surface area (Å²) >= 11 is 0. The first-order chi connectivity index (χ1) is 3.55. The van der Waals surface area contributed by atoms with Gasteiger partial charge in [0, 0.05) is 5.92 Å². The van der Waals surface area contributed by atoms with Crippen molar-refractivity contribution in [3.8, 4) is 0 Å². The van der Waals surface area contributed by atoms with Gasteiger partial charge in [0.15, 0.2) is 0 Å². The Kier molecular flexibility index (Phi) is 3.13. The molecule has 0 heterocycles. The van der Waals surface area contributed by atoms with Crippen LogP contribution in [-0.2, 0) is 4.57 Å². The van der Waals surface area contributed by atoms with Gasteiger partial charge in [0.2, 0.25) is 5.78 Å². The van der Waals surface area contributed by atoms with E-state index in [0.29, 0.717) is 0 Å². The third-order valence-electron chi connectivity index (χ3n) is 0.938. The summed E-state index contributed by atoms with van der Waals surface area (Å²) in [6.07, 6.45) is 0. The van der Waals surface area contributed by atoms with E-state index in [1.54, 1.807) is 0 Å². The molecule has 4 heteroatoms. The molecule has 0 aromatic carbocycles. The standard InChI is InChI=1S/C4H10NO2P/c1-3(2)4(5)8(6)7/h3-4H,5H2,1-2H3/p+1. The molecule has 48 valence electrons. The fourth-order valence-electron chi connectivity index (χ4n) is 0.255. The van der Waals surface area contributed by atoms with Crippen LogP contribution in [0.25, 0.3) is 0 Å². The second kappa shape index (κ2) is 3.13. The van der Waals surface area contributed by atoms with Crippen molar-refractivity contribution in [1.29, 1.82) is 0 Å². The third-order valence-corrected chi connectivity index (χ3v) is 2.04. The van der Waals surface area contributed by atoms with Crippen LogP contribution in [0.5, 0.6) is 0 Å². The summed E-state index contributed by atoms with van der Waals surface area (Å²) in [5.41, 5.74) is 5.23. The number of rotatable bonds is 2. The number of nitrogens with two attached hydrogens (primary N) is 1. The van der Waals surface area contributed by atoms with Crippen LogP contribution in [0.4, 0.5) is 0 Å². The Morgan fingerprint density at radius 1 is 1.62 bits per heavy atom. The van der Waals surface area contributed by atoms with Crippen LogP contribution >= 0.6 is 8.03 Å². The van der Waals surface area contributed by atoms with E-state index in [1.807, 2.05) is 13.8 Å². The van der Waals surface area contributed by atoms with E-state index in [2.05, 4.69) is 0 Å². The molecule has 0 aliphatic heterocycles. The second-order valence-electron chi connectivity index (χ2n) is 2.04. The molecule has 0 aliphatic rings. The molecular formula is C4H11NO2P+. The molecule has 0 amide bonds. The largest absolute Gasteiger partial charge is 0.524 e. The van der Waals surface area contributed by atoms with E-state index in [-0.39, 0.29) is 5.92 Å². The summed E-state index contributed by atoms with van der Waals surface area (Å²) in [4.78, 5) is 8.38. The predicted molar refractivity (Wildman–Crippen MR) is 32.6 cm³/mol. The molecule has 0 aliphatic carbocycles. The highest BCUT2D eigenvalue weighted by Gasteiger charge is 2.26. The molecule has 3 N–H and O–H groups in total. The molecule has 2 unspecified atom stereocenters. The smallest absolute Gasteiger partial charge is 0.285 e. The van der Waals surface area contributed by atoms with Crippen molar-refractivity contribution < 1.29 is 9.46 Å². The van der Waals surface area contributed by atoms with Crippen LogP contribution in [0.2, 0.25) is 0 Å². The van der Waals surface area contributed by atoms with Gasteiger partial charge in [0.1, 0.15) is 0 Å². The van der Waals surface area contributed by atoms with Crippen LogP contribution in [0.15, 0.2) is 0 Å². The van der Waals surface area contributed by atoms with E-state index >= 15 is 0 Å². The zero-order chi connectivity index (χ0) is 6.73. The average molecular weight is 136 g/mol. The van der Waals surface area contributed by atoms with Crippen molar-refractivity contribution in [2.24, 2.45) is 11.7 Å². The average Bonchev–Trinajstić information content (AvgIpc) is 1.64. The lowest BCUT2D eigenvalue weighted by Gasteiger charge is -1.98. The minimum Gasteiger partial charge on any atom is -0.285 e. The van der Waals surface area contributed by atoms with Gasteiger partial charge in [0.25, 0.3) is 0 Å². The lowest BCUT2D eigenvalue weighted by Crippen LogP contribution is -2.21. The summed E-state index contributed by atoms with van der Waals surface area (Å²) in [5.74, 6) is -0.478. The van der Waals surface area contributed by atoms with Crippen molar-refractivity contribution in [3.63, 3.8) is 0 Å². The molecule has 0 spiro atoms. The molecular weight excluding hydrogens is 125 g/mol. The normalized spacial score (nSPS) is 16.4. The summed E-state index contributed by atoms with van der Waals surface area (Å²) in [6.45, 7) is 3.63. The van der Waals surface area contributed by atoms with Gasteiger partial charge in [0.05, 0.1) is 0 Å². The van der Waals surface area contributed by atoms with Crippen molar-refractivity contribution in [2.45, 2.75) is 19.6 Å². The van der Waals surface area contributed by atoms with Crippen LogP contribution in [-0.4, -0.2) is 10.7 Å². The number of hydrogen-bond acceptors (Lipinski definition) is 2. The van der Waals surface area contributed by atoms with Gasteiger partial charge in [-0.1, -0.05) is 13.8 Å². The quantitative estimate of drug-likeness (QED) is 0.548. The van der Waals surface area contributed by atoms with Crippen molar-refractivity contribution in [1.82, 2.24) is 0 Å². The Hall–Kier alpha value is 0.0200. The molecule has 3 nitrogen and oxygen atoms in total. The first kappa shape index (κ1) is 8.02. The van der Waals surface area contributed by atoms with Gasteiger partial charge >= 0.3 is 8.03 Å². The maximum absolute atomic E-state index is 10.2. The van der Waals surface area contributed by atoms with Gasteiger partial charge in [-0.2, -0.15) is 4.89 Å². The van der Waals surface area contributed by atoms with Gasteiger partial charge in [-0.05, 0) is 4.57 Å². The van der Waals surface area contributed by atoms with Gasteiger partial charge in [-0.25, -0.2) is 0 Å². The molecule has 0 aromatic rings. The van der Waals surface area contributed by atoms with Crippen LogP contribution in [0.1, 0.15) is 13.8 Å². The fourth-order valence-corrected chi connectivity index (χ4v) is 0.765. The van der Waals surface area contributed by atoms with E-state index in [4.69, 9.17) is 10.6 Å². The summed E-state index contributed by atoms with van der Waals surface area (Å²) in [5, 5.41) is 0. The van der Waals surface area contributed by atoms with E-state index in [0.717, 1.165) is 0 Å². The highest BCUT2D eigenvalue weighted by molar-refractivity contribution is 7.38. The SMILES string of the molecule is CC(C)C(N)[P+](=O)O. The van der Waals surface area contributed by atoms with Gasteiger partial charge in [-0.15, -0.1) is 0 Å². The van der Waals surface area contributed by atoms with Gasteiger partial charge < -0.3 is 0 Å². The Labute approximate surface area is 49.8 Å². The highest BCUT2D eigenvalue weighted by atomic mass is 31.1. The van der Waals surface area contributed by atoms with Crippen molar-refractivity contribution in [3.05, 3.63) is 0 Å². The number of hydrogen-bond donors (Lipinski definition) is 2. The second-order valence-corrected chi connectivity index (χ2v) is 3.24. The van der Waals surface area contributed by atoms with Gasteiger partial charge in [-0.3, -0.25) is 5.73 Å². The molecule has 0 bridgehead atoms. The predicted octanol–water partition coefficient (Wildman–Crippen LogP) is 0.662. The van der Waals surface area contributed by atoms with E-state index in [9.17, 15) is 4.57 Å². The maximum atomic E-state index is 10.2. The summed E-state index contributed by atoms with van der Waals surface area (Å²) in [7, 11) is -2.17. The van der Waals surface area contributed by atoms with E-state index < -0.39 is 13.8 Å². The molecule has 8 heavy (non-hydrogen) atoms.